The smallest absolute Gasteiger partial charge is 0.272 e. The average Bonchev–Trinajstić information content (AvgIpc) is 2.41. The molecule has 0 spiro atoms. The van der Waals surface area contributed by atoms with E-state index in [9.17, 15) is 19.3 Å². The number of nitrogens with one attached hydrogen (secondary N) is 1. The maximum atomic E-state index is 13.6. The number of benzene rings is 1. The zero-order valence-corrected chi connectivity index (χ0v) is 10.6. The van der Waals surface area contributed by atoms with Crippen LogP contribution in [0.25, 0.3) is 0 Å². The van der Waals surface area contributed by atoms with Crippen molar-refractivity contribution in [3.05, 3.63) is 63.2 Å². The molecule has 1 amide bonds. The first kappa shape index (κ1) is 13.9. The van der Waals surface area contributed by atoms with Crippen molar-refractivity contribution in [1.82, 2.24) is 4.98 Å². The number of hydrogen-bond donors (Lipinski definition) is 1. The number of nitrogens with zero attached hydrogens (tertiary/aromatic N) is 2. The average molecular weight is 296 g/mol. The molecule has 1 N–H and O–H groups in total. The van der Waals surface area contributed by atoms with Gasteiger partial charge in [0, 0.05) is 18.5 Å². The molecule has 0 fully saturated rings. The van der Waals surface area contributed by atoms with Crippen LogP contribution in [0.2, 0.25) is 5.02 Å². The molecule has 0 unspecified atom stereocenters. The molecule has 8 heteroatoms. The Hall–Kier alpha value is -2.54. The zero-order valence-electron chi connectivity index (χ0n) is 9.84. The van der Waals surface area contributed by atoms with Crippen molar-refractivity contribution in [2.45, 2.75) is 0 Å². The Bertz CT molecular complexity index is 693. The van der Waals surface area contributed by atoms with E-state index in [0.29, 0.717) is 0 Å². The van der Waals surface area contributed by atoms with Crippen molar-refractivity contribution >= 4 is 28.9 Å². The fourth-order valence-corrected chi connectivity index (χ4v) is 1.67. The van der Waals surface area contributed by atoms with Crippen molar-refractivity contribution in [3.8, 4) is 0 Å². The van der Waals surface area contributed by atoms with Crippen LogP contribution in [0.15, 0.2) is 36.7 Å². The van der Waals surface area contributed by atoms with Gasteiger partial charge in [-0.1, -0.05) is 11.6 Å². The third-order valence-electron chi connectivity index (χ3n) is 2.43. The van der Waals surface area contributed by atoms with Crippen molar-refractivity contribution < 1.29 is 14.1 Å². The van der Waals surface area contributed by atoms with Crippen LogP contribution < -0.4 is 5.32 Å². The van der Waals surface area contributed by atoms with Crippen LogP contribution in [0.4, 0.5) is 15.8 Å². The number of aromatic nitrogens is 1. The van der Waals surface area contributed by atoms with Gasteiger partial charge in [-0.3, -0.25) is 19.9 Å². The van der Waals surface area contributed by atoms with E-state index >= 15 is 0 Å². The van der Waals surface area contributed by atoms with Crippen LogP contribution in [0.3, 0.4) is 0 Å². The number of non-ortho nitro benzene ring substituents is 1. The van der Waals surface area contributed by atoms with Gasteiger partial charge in [-0.05, 0) is 12.1 Å². The van der Waals surface area contributed by atoms with E-state index in [1.54, 1.807) is 0 Å². The molecule has 0 bridgehead atoms. The van der Waals surface area contributed by atoms with E-state index in [4.69, 9.17) is 11.6 Å². The Morgan fingerprint density at radius 1 is 1.40 bits per heavy atom. The standard InChI is InChI=1S/C12H7ClFN3O3/c13-9-6-15-4-3-8(9)12(18)16-11-2-1-7(17(19)20)5-10(11)14/h1-6H,(H,16,18). The van der Waals surface area contributed by atoms with Gasteiger partial charge >= 0.3 is 0 Å². The summed E-state index contributed by atoms with van der Waals surface area (Å²) in [5.74, 6) is -1.54. The summed E-state index contributed by atoms with van der Waals surface area (Å²) in [6.45, 7) is 0. The molecule has 2 aromatic rings. The molecule has 1 aromatic heterocycles. The minimum absolute atomic E-state index is 0.118. The number of hydrogen-bond acceptors (Lipinski definition) is 4. The van der Waals surface area contributed by atoms with Crippen molar-refractivity contribution in [2.24, 2.45) is 0 Å². The molecular formula is C12H7ClFN3O3. The maximum Gasteiger partial charge on any atom is 0.272 e. The molecule has 0 aliphatic carbocycles. The monoisotopic (exact) mass is 295 g/mol. The molecule has 6 nitrogen and oxygen atoms in total. The summed E-state index contributed by atoms with van der Waals surface area (Å²) < 4.78 is 13.6. The second kappa shape index (κ2) is 5.62. The highest BCUT2D eigenvalue weighted by atomic mass is 35.5. The number of carbonyl (C=O) groups is 1. The van der Waals surface area contributed by atoms with Gasteiger partial charge in [-0.15, -0.1) is 0 Å². The summed E-state index contributed by atoms with van der Waals surface area (Å²) in [6, 6.07) is 4.30. The van der Waals surface area contributed by atoms with Gasteiger partial charge in [0.05, 0.1) is 27.3 Å². The number of nitro groups is 1. The Morgan fingerprint density at radius 2 is 2.15 bits per heavy atom. The van der Waals surface area contributed by atoms with Crippen LogP contribution in [0, 0.1) is 15.9 Å². The van der Waals surface area contributed by atoms with E-state index in [-0.39, 0.29) is 16.3 Å². The number of nitro benzene ring substituents is 1. The van der Waals surface area contributed by atoms with Crippen molar-refractivity contribution in [2.75, 3.05) is 5.32 Å². The van der Waals surface area contributed by atoms with Crippen molar-refractivity contribution in [1.29, 1.82) is 0 Å². The largest absolute Gasteiger partial charge is 0.319 e. The first-order chi connectivity index (χ1) is 9.49. The summed E-state index contributed by atoms with van der Waals surface area (Å²) in [5.41, 5.74) is -0.449. The lowest BCUT2D eigenvalue weighted by molar-refractivity contribution is -0.385. The Labute approximate surface area is 117 Å². The lowest BCUT2D eigenvalue weighted by Gasteiger charge is -2.07. The molecule has 0 saturated carbocycles. The Kier molecular flexibility index (Phi) is 3.90. The minimum Gasteiger partial charge on any atom is -0.319 e. The van der Waals surface area contributed by atoms with Gasteiger partial charge in [0.2, 0.25) is 0 Å². The van der Waals surface area contributed by atoms with E-state index in [0.717, 1.165) is 18.2 Å². The van der Waals surface area contributed by atoms with Crippen molar-refractivity contribution in [3.63, 3.8) is 0 Å². The van der Waals surface area contributed by atoms with E-state index in [2.05, 4.69) is 10.3 Å². The molecule has 0 aliphatic heterocycles. The summed E-state index contributed by atoms with van der Waals surface area (Å²) in [4.78, 5) is 25.4. The molecule has 0 aliphatic rings. The minimum atomic E-state index is -0.905. The van der Waals surface area contributed by atoms with Crippen LogP contribution in [-0.2, 0) is 0 Å². The Morgan fingerprint density at radius 3 is 2.75 bits per heavy atom. The Balaban J connectivity index is 2.25. The van der Waals surface area contributed by atoms with Gasteiger partial charge in [-0.25, -0.2) is 4.39 Å². The first-order valence-electron chi connectivity index (χ1n) is 5.34. The molecule has 0 atom stereocenters. The number of carbonyl (C=O) groups excluding carboxylic acids is 1. The van der Waals surface area contributed by atoms with Crippen LogP contribution in [0.5, 0.6) is 0 Å². The molecule has 1 aromatic carbocycles. The SMILES string of the molecule is O=C(Nc1ccc([N+](=O)[O-])cc1F)c1ccncc1Cl. The topological polar surface area (TPSA) is 85.1 Å². The highest BCUT2D eigenvalue weighted by molar-refractivity contribution is 6.34. The summed E-state index contributed by atoms with van der Waals surface area (Å²) in [7, 11) is 0. The second-order valence-corrected chi connectivity index (χ2v) is 4.14. The first-order valence-corrected chi connectivity index (χ1v) is 5.71. The van der Waals surface area contributed by atoms with Crippen LogP contribution >= 0.6 is 11.6 Å². The molecule has 102 valence electrons. The highest BCUT2D eigenvalue weighted by Crippen LogP contribution is 2.22. The fourth-order valence-electron chi connectivity index (χ4n) is 1.47. The number of halogens is 2. The normalized spacial score (nSPS) is 10.1. The quantitative estimate of drug-likeness (QED) is 0.696. The summed E-state index contributed by atoms with van der Waals surface area (Å²) >= 11 is 5.79. The van der Waals surface area contributed by atoms with Gasteiger partial charge in [0.15, 0.2) is 5.82 Å². The lowest BCUT2D eigenvalue weighted by atomic mass is 10.2. The van der Waals surface area contributed by atoms with Gasteiger partial charge in [0.1, 0.15) is 0 Å². The van der Waals surface area contributed by atoms with Gasteiger partial charge in [-0.2, -0.15) is 0 Å². The highest BCUT2D eigenvalue weighted by Gasteiger charge is 2.15. The predicted molar refractivity (Wildman–Crippen MR) is 70.3 cm³/mol. The second-order valence-electron chi connectivity index (χ2n) is 3.73. The fraction of sp³-hybridized carbons (Fsp3) is 0. The predicted octanol–water partition coefficient (Wildman–Crippen LogP) is 3.03. The lowest BCUT2D eigenvalue weighted by Crippen LogP contribution is -2.13. The third-order valence-corrected chi connectivity index (χ3v) is 2.73. The molecule has 1 heterocycles. The summed E-state index contributed by atoms with van der Waals surface area (Å²) in [5, 5.41) is 12.9. The third kappa shape index (κ3) is 2.89. The molecule has 20 heavy (non-hydrogen) atoms. The molecule has 0 radical (unpaired) electrons. The number of rotatable bonds is 3. The van der Waals surface area contributed by atoms with Gasteiger partial charge in [0.25, 0.3) is 11.6 Å². The maximum absolute atomic E-state index is 13.6. The number of pyridine rings is 1. The number of anilines is 1. The zero-order chi connectivity index (χ0) is 14.7. The van der Waals surface area contributed by atoms with Crippen LogP contribution in [-0.4, -0.2) is 15.8 Å². The summed E-state index contributed by atoms with van der Waals surface area (Å²) in [6.07, 6.45) is 2.65. The molecular weight excluding hydrogens is 289 g/mol. The number of amides is 1. The van der Waals surface area contributed by atoms with E-state index in [1.807, 2.05) is 0 Å². The van der Waals surface area contributed by atoms with E-state index in [1.165, 1.54) is 18.5 Å². The molecule has 0 saturated heterocycles. The molecule has 2 rings (SSSR count). The van der Waals surface area contributed by atoms with Crippen LogP contribution in [0.1, 0.15) is 10.4 Å². The van der Waals surface area contributed by atoms with Gasteiger partial charge < -0.3 is 5.32 Å². The van der Waals surface area contributed by atoms with E-state index < -0.39 is 22.3 Å².